The molecule has 6 heteroatoms. The van der Waals surface area contributed by atoms with Crippen LogP contribution in [0.25, 0.3) is 10.9 Å². The van der Waals surface area contributed by atoms with Gasteiger partial charge in [0.1, 0.15) is 6.33 Å². The lowest BCUT2D eigenvalue weighted by atomic mass is 9.98. The van der Waals surface area contributed by atoms with Crippen molar-refractivity contribution in [1.82, 2.24) is 9.97 Å². The van der Waals surface area contributed by atoms with Crippen LogP contribution >= 0.6 is 23.2 Å². The standard InChI is InChI=1S/C19H16Cl2N2O2/c1-10-4-12(3)14(5-11(10)2)17(24)8-25-19-15-6-13(20)7-16(21)18(15)22-9-23-19/h4-7,9H,8H2,1-3H3. The minimum atomic E-state index is -0.125. The number of carbonyl (C=O) groups excluding carboxylic acids is 1. The Kier molecular flexibility index (Phi) is 4.93. The second kappa shape index (κ2) is 6.98. The molecule has 25 heavy (non-hydrogen) atoms. The van der Waals surface area contributed by atoms with Crippen molar-refractivity contribution in [3.8, 4) is 5.88 Å². The Hall–Kier alpha value is -2.17. The Balaban J connectivity index is 1.88. The number of hydrogen-bond donors (Lipinski definition) is 0. The first-order valence-electron chi connectivity index (χ1n) is 7.70. The topological polar surface area (TPSA) is 52.1 Å². The first-order valence-corrected chi connectivity index (χ1v) is 8.46. The molecule has 2 aromatic carbocycles. The average molecular weight is 375 g/mol. The number of halogens is 2. The van der Waals surface area contributed by atoms with Crippen LogP contribution in [0.4, 0.5) is 0 Å². The Morgan fingerprint density at radius 1 is 1.00 bits per heavy atom. The summed E-state index contributed by atoms with van der Waals surface area (Å²) in [5, 5.41) is 1.43. The number of benzene rings is 2. The number of rotatable bonds is 4. The van der Waals surface area contributed by atoms with Gasteiger partial charge < -0.3 is 4.74 Å². The molecule has 0 aliphatic heterocycles. The minimum Gasteiger partial charge on any atom is -0.469 e. The van der Waals surface area contributed by atoms with E-state index in [0.29, 0.717) is 26.5 Å². The van der Waals surface area contributed by atoms with Crippen LogP contribution in [0.3, 0.4) is 0 Å². The van der Waals surface area contributed by atoms with Crippen molar-refractivity contribution in [1.29, 1.82) is 0 Å². The summed E-state index contributed by atoms with van der Waals surface area (Å²) in [6.07, 6.45) is 1.35. The molecule has 0 aliphatic carbocycles. The summed E-state index contributed by atoms with van der Waals surface area (Å²) in [6, 6.07) is 7.17. The lowest BCUT2D eigenvalue weighted by molar-refractivity contribution is 0.0918. The third-order valence-corrected chi connectivity index (χ3v) is 4.61. The summed E-state index contributed by atoms with van der Waals surface area (Å²) >= 11 is 12.2. The van der Waals surface area contributed by atoms with E-state index < -0.39 is 0 Å². The van der Waals surface area contributed by atoms with Crippen molar-refractivity contribution in [2.75, 3.05) is 6.61 Å². The fourth-order valence-corrected chi connectivity index (χ4v) is 3.20. The first-order chi connectivity index (χ1) is 11.9. The number of ketones is 1. The van der Waals surface area contributed by atoms with E-state index in [2.05, 4.69) is 9.97 Å². The zero-order valence-electron chi connectivity index (χ0n) is 14.1. The van der Waals surface area contributed by atoms with Crippen molar-refractivity contribution in [2.24, 2.45) is 0 Å². The van der Waals surface area contributed by atoms with Gasteiger partial charge in [0.15, 0.2) is 6.61 Å². The van der Waals surface area contributed by atoms with Crippen LogP contribution in [0.15, 0.2) is 30.6 Å². The predicted molar refractivity (Wildman–Crippen MR) is 100 cm³/mol. The maximum atomic E-state index is 12.6. The number of hydrogen-bond acceptors (Lipinski definition) is 4. The van der Waals surface area contributed by atoms with E-state index in [1.54, 1.807) is 12.1 Å². The van der Waals surface area contributed by atoms with Crippen molar-refractivity contribution in [2.45, 2.75) is 20.8 Å². The molecule has 0 atom stereocenters. The molecule has 1 aromatic heterocycles. The van der Waals surface area contributed by atoms with Crippen molar-refractivity contribution in [3.63, 3.8) is 0 Å². The third-order valence-electron chi connectivity index (χ3n) is 4.10. The lowest BCUT2D eigenvalue weighted by Gasteiger charge is -2.11. The molecule has 0 bridgehead atoms. The fraction of sp³-hybridized carbons (Fsp3) is 0.211. The Bertz CT molecular complexity index is 987. The molecule has 0 saturated carbocycles. The number of aromatic nitrogens is 2. The van der Waals surface area contributed by atoms with E-state index in [-0.39, 0.29) is 18.3 Å². The number of aryl methyl sites for hydroxylation is 3. The molecule has 0 aliphatic rings. The molecule has 0 saturated heterocycles. The van der Waals surface area contributed by atoms with E-state index in [4.69, 9.17) is 27.9 Å². The van der Waals surface area contributed by atoms with Gasteiger partial charge in [0.05, 0.1) is 15.9 Å². The molecule has 0 amide bonds. The second-order valence-electron chi connectivity index (χ2n) is 5.93. The molecule has 0 spiro atoms. The van der Waals surface area contributed by atoms with Crippen molar-refractivity contribution in [3.05, 3.63) is 62.9 Å². The van der Waals surface area contributed by atoms with Crippen molar-refractivity contribution < 1.29 is 9.53 Å². The highest BCUT2D eigenvalue weighted by Gasteiger charge is 2.14. The van der Waals surface area contributed by atoms with Gasteiger partial charge in [-0.25, -0.2) is 9.97 Å². The molecule has 3 rings (SSSR count). The smallest absolute Gasteiger partial charge is 0.225 e. The zero-order chi connectivity index (χ0) is 18.1. The van der Waals surface area contributed by atoms with Gasteiger partial charge in [-0.1, -0.05) is 29.3 Å². The van der Waals surface area contributed by atoms with Crippen LogP contribution in [0.2, 0.25) is 10.0 Å². The molecule has 1 heterocycles. The maximum Gasteiger partial charge on any atom is 0.225 e. The van der Waals surface area contributed by atoms with Crippen LogP contribution < -0.4 is 4.74 Å². The molecule has 4 nitrogen and oxygen atoms in total. The summed E-state index contributed by atoms with van der Waals surface area (Å²) < 4.78 is 5.65. The Morgan fingerprint density at radius 3 is 2.48 bits per heavy atom. The second-order valence-corrected chi connectivity index (χ2v) is 6.77. The minimum absolute atomic E-state index is 0.111. The number of fused-ring (bicyclic) bond motifs is 1. The van der Waals surface area contributed by atoms with E-state index in [0.717, 1.165) is 16.7 Å². The summed E-state index contributed by atoms with van der Waals surface area (Å²) in [4.78, 5) is 20.8. The largest absolute Gasteiger partial charge is 0.469 e. The molecule has 0 unspecified atom stereocenters. The highest BCUT2D eigenvalue weighted by Crippen LogP contribution is 2.30. The molecule has 0 N–H and O–H groups in total. The van der Waals surface area contributed by atoms with Gasteiger partial charge in [0, 0.05) is 10.6 Å². The Labute approximate surface area is 155 Å². The summed E-state index contributed by atoms with van der Waals surface area (Å²) in [7, 11) is 0. The number of nitrogens with zero attached hydrogens (tertiary/aromatic N) is 2. The summed E-state index contributed by atoms with van der Waals surface area (Å²) in [5.74, 6) is 0.171. The number of ether oxygens (including phenoxy) is 1. The highest BCUT2D eigenvalue weighted by molar-refractivity contribution is 6.38. The van der Waals surface area contributed by atoms with Gasteiger partial charge >= 0.3 is 0 Å². The molecule has 128 valence electrons. The zero-order valence-corrected chi connectivity index (χ0v) is 15.6. The van der Waals surface area contributed by atoms with Gasteiger partial charge in [-0.05, 0) is 55.7 Å². The molecule has 0 fully saturated rings. The maximum absolute atomic E-state index is 12.6. The highest BCUT2D eigenvalue weighted by atomic mass is 35.5. The van der Waals surface area contributed by atoms with Gasteiger partial charge in [0.25, 0.3) is 0 Å². The van der Waals surface area contributed by atoms with Crippen LogP contribution in [0.1, 0.15) is 27.0 Å². The monoisotopic (exact) mass is 374 g/mol. The van der Waals surface area contributed by atoms with Crippen LogP contribution in [-0.4, -0.2) is 22.4 Å². The van der Waals surface area contributed by atoms with E-state index in [1.165, 1.54) is 6.33 Å². The number of carbonyl (C=O) groups is 1. The average Bonchev–Trinajstić information content (AvgIpc) is 2.56. The molecular weight excluding hydrogens is 359 g/mol. The van der Waals surface area contributed by atoms with Crippen LogP contribution in [0.5, 0.6) is 5.88 Å². The molecular formula is C19H16Cl2N2O2. The van der Waals surface area contributed by atoms with E-state index >= 15 is 0 Å². The quantitative estimate of drug-likeness (QED) is 0.594. The lowest BCUT2D eigenvalue weighted by Crippen LogP contribution is -2.14. The van der Waals surface area contributed by atoms with Gasteiger partial charge in [-0.2, -0.15) is 0 Å². The van der Waals surface area contributed by atoms with E-state index in [1.807, 2.05) is 32.9 Å². The van der Waals surface area contributed by atoms with Crippen LogP contribution in [0, 0.1) is 20.8 Å². The normalized spacial score (nSPS) is 10.9. The fourth-order valence-electron chi connectivity index (χ4n) is 2.66. The third kappa shape index (κ3) is 3.60. The molecule has 0 radical (unpaired) electrons. The van der Waals surface area contributed by atoms with Crippen molar-refractivity contribution >= 4 is 39.9 Å². The van der Waals surface area contributed by atoms with Gasteiger partial charge in [-0.15, -0.1) is 0 Å². The van der Waals surface area contributed by atoms with Gasteiger partial charge in [-0.3, -0.25) is 4.79 Å². The van der Waals surface area contributed by atoms with Gasteiger partial charge in [0.2, 0.25) is 11.7 Å². The Morgan fingerprint density at radius 2 is 1.72 bits per heavy atom. The molecule has 3 aromatic rings. The predicted octanol–water partition coefficient (Wildman–Crippen LogP) is 5.12. The SMILES string of the molecule is Cc1cc(C)c(C(=O)COc2ncnc3c(Cl)cc(Cl)cc23)cc1C. The van der Waals surface area contributed by atoms with Crippen LogP contribution in [-0.2, 0) is 0 Å². The summed E-state index contributed by atoms with van der Waals surface area (Å²) in [5.41, 5.74) is 4.33. The summed E-state index contributed by atoms with van der Waals surface area (Å²) in [6.45, 7) is 5.79. The number of Topliss-reactive ketones (excluding diaryl/α,β-unsaturated/α-hetero) is 1. The van der Waals surface area contributed by atoms with E-state index in [9.17, 15) is 4.79 Å². The first kappa shape index (κ1) is 17.6.